The highest BCUT2D eigenvalue weighted by atomic mass is 35.6. The van der Waals surface area contributed by atoms with E-state index in [9.17, 15) is 0 Å². The Morgan fingerprint density at radius 3 is 2.23 bits per heavy atom. The molecule has 0 saturated carbocycles. The third-order valence-electron chi connectivity index (χ3n) is 3.58. The van der Waals surface area contributed by atoms with Gasteiger partial charge in [-0.3, -0.25) is 5.01 Å². The standard InChI is InChI=1S/C14H24Cl5N3/c1-4-5-6-7-8-22-12(9-11(2)3)21(10-20-22)14(18,19)13(15,16)17/h10-12H,4-9H2,1-3H3. The zero-order chi connectivity index (χ0) is 17.0. The molecule has 0 bridgehead atoms. The second-order valence-corrected chi connectivity index (χ2v) is 9.58. The molecule has 1 aliphatic heterocycles. The van der Waals surface area contributed by atoms with Crippen LogP contribution in [0.2, 0.25) is 0 Å². The molecular weight excluding hydrogens is 387 g/mol. The molecule has 1 rings (SSSR count). The summed E-state index contributed by atoms with van der Waals surface area (Å²) in [5.74, 6) is 0.437. The molecule has 0 aromatic carbocycles. The van der Waals surface area contributed by atoms with Crippen LogP contribution in [0.1, 0.15) is 52.9 Å². The highest BCUT2D eigenvalue weighted by molar-refractivity contribution is 6.75. The van der Waals surface area contributed by atoms with Crippen molar-refractivity contribution in [2.75, 3.05) is 6.54 Å². The number of hydrazone groups is 1. The molecule has 1 aliphatic rings. The first-order valence-electron chi connectivity index (χ1n) is 7.65. The van der Waals surface area contributed by atoms with Gasteiger partial charge in [-0.05, 0) is 18.8 Å². The molecule has 0 spiro atoms. The van der Waals surface area contributed by atoms with Crippen LogP contribution in [0, 0.1) is 5.92 Å². The first kappa shape index (κ1) is 20.8. The van der Waals surface area contributed by atoms with Crippen LogP contribution in [0.15, 0.2) is 5.10 Å². The van der Waals surface area contributed by atoms with E-state index >= 15 is 0 Å². The Balaban J connectivity index is 2.80. The van der Waals surface area contributed by atoms with Crippen molar-refractivity contribution in [2.45, 2.75) is 67.3 Å². The number of unbranched alkanes of at least 4 members (excludes halogenated alkanes) is 3. The molecule has 0 N–H and O–H groups in total. The number of nitrogens with zero attached hydrogens (tertiary/aromatic N) is 3. The summed E-state index contributed by atoms with van der Waals surface area (Å²) in [6, 6.07) is 0. The molecule has 3 nitrogen and oxygen atoms in total. The lowest BCUT2D eigenvalue weighted by atomic mass is 10.1. The molecule has 0 radical (unpaired) electrons. The lowest BCUT2D eigenvalue weighted by Crippen LogP contribution is -2.54. The van der Waals surface area contributed by atoms with Gasteiger partial charge in [0.1, 0.15) is 12.5 Å². The van der Waals surface area contributed by atoms with Crippen LogP contribution >= 0.6 is 58.0 Å². The van der Waals surface area contributed by atoms with Crippen molar-refractivity contribution in [1.82, 2.24) is 9.91 Å². The Morgan fingerprint density at radius 2 is 1.73 bits per heavy atom. The smallest absolute Gasteiger partial charge is 0.241 e. The topological polar surface area (TPSA) is 18.8 Å². The summed E-state index contributed by atoms with van der Waals surface area (Å²) in [6.45, 7) is 7.29. The first-order valence-corrected chi connectivity index (χ1v) is 9.54. The van der Waals surface area contributed by atoms with E-state index in [0.29, 0.717) is 5.92 Å². The third kappa shape index (κ3) is 5.37. The number of halogens is 5. The third-order valence-corrected chi connectivity index (χ3v) is 5.94. The quantitative estimate of drug-likeness (QED) is 0.277. The molecular formula is C14H24Cl5N3. The van der Waals surface area contributed by atoms with E-state index in [4.69, 9.17) is 58.0 Å². The Bertz CT molecular complexity index is 368. The van der Waals surface area contributed by atoms with Gasteiger partial charge in [-0.1, -0.05) is 98.0 Å². The fourth-order valence-corrected chi connectivity index (χ4v) is 3.00. The Labute approximate surface area is 158 Å². The second kappa shape index (κ2) is 8.71. The van der Waals surface area contributed by atoms with Crippen LogP contribution in [-0.4, -0.2) is 37.2 Å². The van der Waals surface area contributed by atoms with Crippen molar-refractivity contribution < 1.29 is 0 Å². The van der Waals surface area contributed by atoms with Crippen molar-refractivity contribution in [1.29, 1.82) is 0 Å². The summed E-state index contributed by atoms with van der Waals surface area (Å²) < 4.78 is -3.51. The molecule has 8 heteroatoms. The highest BCUT2D eigenvalue weighted by Crippen LogP contribution is 2.49. The van der Waals surface area contributed by atoms with Gasteiger partial charge in [-0.2, -0.15) is 5.10 Å². The van der Waals surface area contributed by atoms with Gasteiger partial charge in [-0.25, -0.2) is 0 Å². The number of rotatable bonds is 8. The Morgan fingerprint density at radius 1 is 1.09 bits per heavy atom. The predicted octanol–water partition coefficient (Wildman–Crippen LogP) is 6.00. The average molecular weight is 412 g/mol. The van der Waals surface area contributed by atoms with Crippen molar-refractivity contribution in [2.24, 2.45) is 11.0 Å². The molecule has 1 atom stereocenters. The monoisotopic (exact) mass is 409 g/mol. The lowest BCUT2D eigenvalue weighted by molar-refractivity contribution is 0.0919. The summed E-state index contributed by atoms with van der Waals surface area (Å²) in [4.78, 5) is 1.64. The Hall–Kier alpha value is 0.720. The molecule has 0 aliphatic carbocycles. The fraction of sp³-hybridized carbons (Fsp3) is 0.929. The summed E-state index contributed by atoms with van der Waals surface area (Å²) in [7, 11) is 0. The van der Waals surface area contributed by atoms with Crippen LogP contribution in [0.5, 0.6) is 0 Å². The van der Waals surface area contributed by atoms with Crippen LogP contribution in [-0.2, 0) is 0 Å². The SMILES string of the molecule is CCCCCCN1N=CN(C(Cl)(Cl)C(Cl)(Cl)Cl)C1CC(C)C. The summed E-state index contributed by atoms with van der Waals surface area (Å²) >= 11 is 30.5. The molecule has 0 aromatic heterocycles. The number of alkyl halides is 5. The van der Waals surface area contributed by atoms with Gasteiger partial charge < -0.3 is 4.90 Å². The zero-order valence-electron chi connectivity index (χ0n) is 13.2. The van der Waals surface area contributed by atoms with E-state index in [2.05, 4.69) is 25.9 Å². The molecule has 1 heterocycles. The minimum Gasteiger partial charge on any atom is -0.304 e. The summed E-state index contributed by atoms with van der Waals surface area (Å²) in [5.41, 5.74) is 0. The van der Waals surface area contributed by atoms with Crippen LogP contribution in [0.4, 0.5) is 0 Å². The molecule has 130 valence electrons. The summed E-state index contributed by atoms with van der Waals surface area (Å²) in [6.07, 6.45) is 6.97. The van der Waals surface area contributed by atoms with Gasteiger partial charge in [-0.15, -0.1) is 0 Å². The number of hydrogen-bond donors (Lipinski definition) is 0. The largest absolute Gasteiger partial charge is 0.304 e. The number of hydrogen-bond acceptors (Lipinski definition) is 3. The van der Waals surface area contributed by atoms with E-state index < -0.39 is 8.25 Å². The molecule has 22 heavy (non-hydrogen) atoms. The molecule has 0 saturated heterocycles. The van der Waals surface area contributed by atoms with Crippen LogP contribution < -0.4 is 0 Å². The maximum atomic E-state index is 6.32. The van der Waals surface area contributed by atoms with Gasteiger partial charge >= 0.3 is 0 Å². The zero-order valence-corrected chi connectivity index (χ0v) is 17.0. The minimum absolute atomic E-state index is 0.104. The molecule has 0 fully saturated rings. The minimum atomic E-state index is -1.84. The molecule has 1 unspecified atom stereocenters. The van der Waals surface area contributed by atoms with E-state index in [1.165, 1.54) is 19.3 Å². The van der Waals surface area contributed by atoms with E-state index in [1.807, 2.05) is 5.01 Å². The van der Waals surface area contributed by atoms with Crippen LogP contribution in [0.3, 0.4) is 0 Å². The Kier molecular flexibility index (Phi) is 8.22. The van der Waals surface area contributed by atoms with Gasteiger partial charge in [0, 0.05) is 6.54 Å². The summed E-state index contributed by atoms with van der Waals surface area (Å²) in [5, 5.41) is 6.41. The normalized spacial score (nSPS) is 19.6. The van der Waals surface area contributed by atoms with Gasteiger partial charge in [0.05, 0.1) is 0 Å². The highest BCUT2D eigenvalue weighted by Gasteiger charge is 2.54. The van der Waals surface area contributed by atoms with Crippen molar-refractivity contribution in [3.05, 3.63) is 0 Å². The average Bonchev–Trinajstić information content (AvgIpc) is 2.76. The van der Waals surface area contributed by atoms with E-state index in [-0.39, 0.29) is 6.17 Å². The predicted molar refractivity (Wildman–Crippen MR) is 99.1 cm³/mol. The van der Waals surface area contributed by atoms with Gasteiger partial charge in [0.25, 0.3) is 0 Å². The lowest BCUT2D eigenvalue weighted by Gasteiger charge is -2.41. The second-order valence-electron chi connectivity index (χ2n) is 6.01. The van der Waals surface area contributed by atoms with Gasteiger partial charge in [0.2, 0.25) is 8.25 Å². The van der Waals surface area contributed by atoms with Crippen molar-refractivity contribution >= 4 is 64.3 Å². The van der Waals surface area contributed by atoms with Crippen molar-refractivity contribution in [3.63, 3.8) is 0 Å². The maximum Gasteiger partial charge on any atom is 0.241 e. The molecule has 0 aromatic rings. The van der Waals surface area contributed by atoms with Crippen LogP contribution in [0.25, 0.3) is 0 Å². The first-order chi connectivity index (χ1) is 10.1. The van der Waals surface area contributed by atoms with E-state index in [1.54, 1.807) is 11.2 Å². The maximum absolute atomic E-state index is 6.32. The fourth-order valence-electron chi connectivity index (χ4n) is 2.39. The van der Waals surface area contributed by atoms with Gasteiger partial charge in [0.15, 0.2) is 0 Å². The van der Waals surface area contributed by atoms with Crippen molar-refractivity contribution in [3.8, 4) is 0 Å². The van der Waals surface area contributed by atoms with E-state index in [0.717, 1.165) is 19.4 Å². The molecule has 0 amide bonds.